The Labute approximate surface area is 125 Å². The van der Waals surface area contributed by atoms with Crippen LogP contribution < -0.4 is 5.73 Å². The van der Waals surface area contributed by atoms with Gasteiger partial charge >= 0.3 is 0 Å². The molecule has 0 aromatic heterocycles. The fourth-order valence-electron chi connectivity index (χ4n) is 2.74. The number of non-ortho nitro benzene ring substituents is 1. The Hall–Kier alpha value is -2.11. The number of nitriles is 1. The fourth-order valence-corrected chi connectivity index (χ4v) is 2.74. The first kappa shape index (κ1) is 16.3. The van der Waals surface area contributed by atoms with Crippen LogP contribution in [0.5, 0.6) is 0 Å². The molecule has 2 N–H and O–H groups in total. The molecule has 0 unspecified atom stereocenters. The SMILES string of the molecule is N#CCOCC(F)(F)[C@]1(N)CCCc2ccc([N+](=O)[O-])cc21. The molecule has 0 saturated heterocycles. The zero-order valence-electron chi connectivity index (χ0n) is 11.7. The molecule has 22 heavy (non-hydrogen) atoms. The van der Waals surface area contributed by atoms with E-state index in [1.54, 1.807) is 6.07 Å². The minimum Gasteiger partial charge on any atom is -0.360 e. The van der Waals surface area contributed by atoms with E-state index >= 15 is 0 Å². The van der Waals surface area contributed by atoms with E-state index < -0.39 is 29.6 Å². The lowest BCUT2D eigenvalue weighted by atomic mass is 9.73. The number of alkyl halides is 2. The third-order valence-corrected chi connectivity index (χ3v) is 3.90. The van der Waals surface area contributed by atoms with Gasteiger partial charge in [-0.2, -0.15) is 5.26 Å². The maximum Gasteiger partial charge on any atom is 0.292 e. The Balaban J connectivity index is 2.42. The number of ether oxygens (including phenoxy) is 1. The molecule has 0 heterocycles. The standard InChI is InChI=1S/C14H15F2N3O3/c15-14(16,9-22-7-6-17)13(18)5-1-2-10-3-4-11(19(20)21)8-12(10)13/h3-4,8H,1-2,5,7,9,18H2/t13-/m0/s1. The van der Waals surface area contributed by atoms with Gasteiger partial charge in [-0.15, -0.1) is 0 Å². The van der Waals surface area contributed by atoms with Gasteiger partial charge in [-0.3, -0.25) is 10.1 Å². The normalized spacial score (nSPS) is 21.0. The second-order valence-corrected chi connectivity index (χ2v) is 5.28. The van der Waals surface area contributed by atoms with Crippen molar-refractivity contribution in [3.05, 3.63) is 39.4 Å². The lowest BCUT2D eigenvalue weighted by Crippen LogP contribution is -2.56. The van der Waals surface area contributed by atoms with E-state index in [0.717, 1.165) is 6.07 Å². The van der Waals surface area contributed by atoms with Crippen LogP contribution in [0.15, 0.2) is 18.2 Å². The molecule has 0 saturated carbocycles. The van der Waals surface area contributed by atoms with Crippen molar-refractivity contribution in [2.24, 2.45) is 5.73 Å². The molecule has 0 amide bonds. The number of aryl methyl sites for hydroxylation is 1. The largest absolute Gasteiger partial charge is 0.360 e. The summed E-state index contributed by atoms with van der Waals surface area (Å²) in [6.07, 6.45) is 0.987. The van der Waals surface area contributed by atoms with Gasteiger partial charge in [0.25, 0.3) is 11.6 Å². The van der Waals surface area contributed by atoms with Gasteiger partial charge in [0.05, 0.1) is 11.0 Å². The van der Waals surface area contributed by atoms with Crippen molar-refractivity contribution in [2.45, 2.75) is 30.7 Å². The number of nitrogens with zero attached hydrogens (tertiary/aromatic N) is 2. The van der Waals surface area contributed by atoms with Crippen molar-refractivity contribution in [1.29, 1.82) is 5.26 Å². The van der Waals surface area contributed by atoms with Crippen LogP contribution in [0.2, 0.25) is 0 Å². The molecule has 118 valence electrons. The predicted octanol–water partition coefficient (Wildman–Crippen LogP) is 2.26. The van der Waals surface area contributed by atoms with Crippen molar-refractivity contribution in [3.63, 3.8) is 0 Å². The topological polar surface area (TPSA) is 102 Å². The first-order chi connectivity index (χ1) is 10.3. The zero-order chi connectivity index (χ0) is 16.4. The van der Waals surface area contributed by atoms with E-state index in [1.807, 2.05) is 0 Å². The van der Waals surface area contributed by atoms with Crippen LogP contribution in [-0.2, 0) is 16.7 Å². The van der Waals surface area contributed by atoms with Crippen LogP contribution in [0, 0.1) is 21.4 Å². The quantitative estimate of drug-likeness (QED) is 0.510. The number of hydrogen-bond donors (Lipinski definition) is 1. The summed E-state index contributed by atoms with van der Waals surface area (Å²) in [7, 11) is 0. The molecule has 2 rings (SSSR count). The monoisotopic (exact) mass is 311 g/mol. The summed E-state index contributed by atoms with van der Waals surface area (Å²) in [6.45, 7) is -1.47. The maximum atomic E-state index is 14.5. The Morgan fingerprint density at radius 1 is 1.55 bits per heavy atom. The van der Waals surface area contributed by atoms with Gasteiger partial charge in [0, 0.05) is 12.1 Å². The van der Waals surface area contributed by atoms with Crippen LogP contribution in [0.25, 0.3) is 0 Å². The third-order valence-electron chi connectivity index (χ3n) is 3.90. The molecular weight excluding hydrogens is 296 g/mol. The summed E-state index contributed by atoms with van der Waals surface area (Å²) in [5.41, 5.74) is 4.32. The van der Waals surface area contributed by atoms with E-state index in [-0.39, 0.29) is 17.7 Å². The van der Waals surface area contributed by atoms with E-state index in [9.17, 15) is 18.9 Å². The summed E-state index contributed by atoms with van der Waals surface area (Å²) in [5.74, 6) is -3.44. The molecule has 1 atom stereocenters. The van der Waals surface area contributed by atoms with Crippen LogP contribution >= 0.6 is 0 Å². The average molecular weight is 311 g/mol. The number of nitrogens with two attached hydrogens (primary N) is 1. The summed E-state index contributed by atoms with van der Waals surface area (Å²) in [4.78, 5) is 10.2. The Morgan fingerprint density at radius 2 is 2.27 bits per heavy atom. The second-order valence-electron chi connectivity index (χ2n) is 5.28. The molecule has 1 aromatic rings. The molecule has 1 aliphatic carbocycles. The van der Waals surface area contributed by atoms with Gasteiger partial charge in [0.15, 0.2) is 0 Å². The van der Waals surface area contributed by atoms with Gasteiger partial charge in [0.2, 0.25) is 0 Å². The predicted molar refractivity (Wildman–Crippen MR) is 73.3 cm³/mol. The number of hydrogen-bond acceptors (Lipinski definition) is 5. The van der Waals surface area contributed by atoms with Gasteiger partial charge in [0.1, 0.15) is 18.8 Å². The average Bonchev–Trinajstić information content (AvgIpc) is 2.47. The molecule has 0 bridgehead atoms. The highest BCUT2D eigenvalue weighted by Gasteiger charge is 2.54. The third kappa shape index (κ3) is 2.77. The van der Waals surface area contributed by atoms with E-state index in [0.29, 0.717) is 18.4 Å². The smallest absolute Gasteiger partial charge is 0.292 e. The molecule has 0 aliphatic heterocycles. The summed E-state index contributed by atoms with van der Waals surface area (Å²) in [5, 5.41) is 19.2. The molecule has 0 spiro atoms. The van der Waals surface area contributed by atoms with Crippen molar-refractivity contribution in [3.8, 4) is 6.07 Å². The Kier molecular flexibility index (Phi) is 4.39. The van der Waals surface area contributed by atoms with Gasteiger partial charge in [-0.05, 0) is 30.4 Å². The lowest BCUT2D eigenvalue weighted by molar-refractivity contribution is -0.385. The van der Waals surface area contributed by atoms with Gasteiger partial charge in [-0.1, -0.05) is 6.07 Å². The fraction of sp³-hybridized carbons (Fsp3) is 0.500. The number of nitro groups is 1. The van der Waals surface area contributed by atoms with Crippen LogP contribution in [0.1, 0.15) is 24.0 Å². The molecule has 1 aliphatic rings. The van der Waals surface area contributed by atoms with Crippen LogP contribution in [0.3, 0.4) is 0 Å². The highest BCUT2D eigenvalue weighted by molar-refractivity contribution is 5.46. The second kappa shape index (κ2) is 5.94. The van der Waals surface area contributed by atoms with E-state index in [4.69, 9.17) is 11.0 Å². The minimum absolute atomic E-state index is 0.00984. The number of nitro benzene ring substituents is 1. The molecule has 1 aromatic carbocycles. The van der Waals surface area contributed by atoms with Crippen molar-refractivity contribution >= 4 is 5.69 Å². The zero-order valence-corrected chi connectivity index (χ0v) is 11.7. The number of fused-ring (bicyclic) bond motifs is 1. The Morgan fingerprint density at radius 3 is 2.91 bits per heavy atom. The number of benzene rings is 1. The molecular formula is C14H15F2N3O3. The Bertz CT molecular complexity index is 630. The van der Waals surface area contributed by atoms with Crippen LogP contribution in [0.4, 0.5) is 14.5 Å². The van der Waals surface area contributed by atoms with Gasteiger partial charge < -0.3 is 10.5 Å². The van der Waals surface area contributed by atoms with Crippen molar-refractivity contribution in [2.75, 3.05) is 13.2 Å². The minimum atomic E-state index is -3.44. The van der Waals surface area contributed by atoms with Crippen molar-refractivity contribution < 1.29 is 18.4 Å². The van der Waals surface area contributed by atoms with Crippen molar-refractivity contribution in [1.82, 2.24) is 0 Å². The number of halogens is 2. The first-order valence-electron chi connectivity index (χ1n) is 6.71. The maximum absolute atomic E-state index is 14.5. The number of rotatable bonds is 5. The van der Waals surface area contributed by atoms with Gasteiger partial charge in [-0.25, -0.2) is 8.78 Å². The summed E-state index contributed by atoms with van der Waals surface area (Å²) < 4.78 is 33.6. The highest BCUT2D eigenvalue weighted by Crippen LogP contribution is 2.45. The molecule has 8 heteroatoms. The lowest BCUT2D eigenvalue weighted by Gasteiger charge is -2.41. The highest BCUT2D eigenvalue weighted by atomic mass is 19.3. The summed E-state index contributed by atoms with van der Waals surface area (Å²) >= 11 is 0. The first-order valence-corrected chi connectivity index (χ1v) is 6.71. The molecule has 0 fully saturated rings. The summed E-state index contributed by atoms with van der Waals surface area (Å²) in [6, 6.07) is 5.49. The molecule has 0 radical (unpaired) electrons. The van der Waals surface area contributed by atoms with E-state index in [1.165, 1.54) is 12.1 Å². The van der Waals surface area contributed by atoms with Crippen LogP contribution in [-0.4, -0.2) is 24.1 Å². The van der Waals surface area contributed by atoms with E-state index in [2.05, 4.69) is 4.74 Å². The molecule has 6 nitrogen and oxygen atoms in total.